The number of carbonyl (C=O) groups excluding carboxylic acids is 1. The van der Waals surface area contributed by atoms with Crippen molar-refractivity contribution in [2.75, 3.05) is 14.2 Å². The van der Waals surface area contributed by atoms with Crippen LogP contribution in [0.2, 0.25) is 0 Å². The van der Waals surface area contributed by atoms with Crippen LogP contribution in [0.4, 0.5) is 0 Å². The van der Waals surface area contributed by atoms with Crippen LogP contribution in [0.1, 0.15) is 24.2 Å². The van der Waals surface area contributed by atoms with E-state index in [1.54, 1.807) is 20.3 Å². The van der Waals surface area contributed by atoms with E-state index in [1.807, 2.05) is 36.4 Å². The van der Waals surface area contributed by atoms with Gasteiger partial charge in [-0.1, -0.05) is 18.2 Å². The van der Waals surface area contributed by atoms with Crippen molar-refractivity contribution in [1.29, 1.82) is 0 Å². The van der Waals surface area contributed by atoms with Gasteiger partial charge in [-0.15, -0.1) is 0 Å². The number of fused-ring (bicyclic) bond motifs is 1. The fraction of sp³-hybridized carbons (Fsp3) is 0.286. The number of ether oxygens (including phenoxy) is 2. The zero-order valence-corrected chi connectivity index (χ0v) is 16.0. The highest BCUT2D eigenvalue weighted by molar-refractivity contribution is 5.77. The third-order valence-corrected chi connectivity index (χ3v) is 4.42. The molecule has 7 nitrogen and oxygen atoms in total. The van der Waals surface area contributed by atoms with Crippen molar-refractivity contribution in [3.63, 3.8) is 0 Å². The number of amides is 1. The summed E-state index contributed by atoms with van der Waals surface area (Å²) >= 11 is 0. The van der Waals surface area contributed by atoms with Gasteiger partial charge in [-0.25, -0.2) is 4.98 Å². The average molecular weight is 381 g/mol. The van der Waals surface area contributed by atoms with Crippen LogP contribution in [0.3, 0.4) is 0 Å². The SMILES string of the molecule is COc1ccc(CNC(=O)CCCc2nc3ccccc3c(=O)[nH]2)cc1OC. The first-order valence-corrected chi connectivity index (χ1v) is 9.06. The van der Waals surface area contributed by atoms with E-state index >= 15 is 0 Å². The van der Waals surface area contributed by atoms with Crippen molar-refractivity contribution in [3.05, 3.63) is 64.2 Å². The van der Waals surface area contributed by atoms with Crippen molar-refractivity contribution < 1.29 is 14.3 Å². The molecule has 0 aliphatic heterocycles. The maximum Gasteiger partial charge on any atom is 0.258 e. The summed E-state index contributed by atoms with van der Waals surface area (Å²) in [5.41, 5.74) is 1.43. The Labute approximate surface area is 162 Å². The second-order valence-electron chi connectivity index (χ2n) is 6.35. The molecule has 146 valence electrons. The van der Waals surface area contributed by atoms with Gasteiger partial charge in [0.05, 0.1) is 25.1 Å². The minimum absolute atomic E-state index is 0.0575. The van der Waals surface area contributed by atoms with Gasteiger partial charge in [0.2, 0.25) is 5.91 Å². The molecule has 0 bridgehead atoms. The number of H-pyrrole nitrogens is 1. The molecule has 7 heteroatoms. The summed E-state index contributed by atoms with van der Waals surface area (Å²) in [6.07, 6.45) is 1.48. The highest BCUT2D eigenvalue weighted by Gasteiger charge is 2.08. The Balaban J connectivity index is 1.50. The first-order chi connectivity index (χ1) is 13.6. The maximum absolute atomic E-state index is 12.1. The van der Waals surface area contributed by atoms with Gasteiger partial charge in [-0.3, -0.25) is 9.59 Å². The van der Waals surface area contributed by atoms with E-state index < -0.39 is 0 Å². The lowest BCUT2D eigenvalue weighted by Gasteiger charge is -2.10. The van der Waals surface area contributed by atoms with Gasteiger partial charge in [0.15, 0.2) is 11.5 Å². The quantitative estimate of drug-likeness (QED) is 0.626. The van der Waals surface area contributed by atoms with Crippen LogP contribution in [0.5, 0.6) is 11.5 Å². The van der Waals surface area contributed by atoms with Crippen molar-refractivity contribution in [1.82, 2.24) is 15.3 Å². The van der Waals surface area contributed by atoms with Crippen molar-refractivity contribution in [3.8, 4) is 11.5 Å². The first-order valence-electron chi connectivity index (χ1n) is 9.06. The fourth-order valence-electron chi connectivity index (χ4n) is 2.95. The number of methoxy groups -OCH3 is 2. The van der Waals surface area contributed by atoms with Gasteiger partial charge in [-0.05, 0) is 36.2 Å². The van der Waals surface area contributed by atoms with Crippen LogP contribution >= 0.6 is 0 Å². The summed E-state index contributed by atoms with van der Waals surface area (Å²) < 4.78 is 10.5. The van der Waals surface area contributed by atoms with Gasteiger partial charge < -0.3 is 19.8 Å². The number of nitrogens with one attached hydrogen (secondary N) is 2. The van der Waals surface area contributed by atoms with Crippen LogP contribution in [0, 0.1) is 0 Å². The second-order valence-corrected chi connectivity index (χ2v) is 6.35. The highest BCUT2D eigenvalue weighted by atomic mass is 16.5. The summed E-state index contributed by atoms with van der Waals surface area (Å²) in [6.45, 7) is 0.407. The Morgan fingerprint density at radius 1 is 1.11 bits per heavy atom. The van der Waals surface area contributed by atoms with Crippen molar-refractivity contribution >= 4 is 16.8 Å². The normalized spacial score (nSPS) is 10.6. The van der Waals surface area contributed by atoms with Crippen LogP contribution < -0.4 is 20.3 Å². The van der Waals surface area contributed by atoms with Crippen molar-refractivity contribution in [2.45, 2.75) is 25.8 Å². The largest absolute Gasteiger partial charge is 0.493 e. The predicted octanol–water partition coefficient (Wildman–Crippen LogP) is 2.58. The lowest BCUT2D eigenvalue weighted by molar-refractivity contribution is -0.121. The summed E-state index contributed by atoms with van der Waals surface area (Å²) in [7, 11) is 3.16. The topological polar surface area (TPSA) is 93.3 Å². The lowest BCUT2D eigenvalue weighted by atomic mass is 10.2. The van der Waals surface area contributed by atoms with Gasteiger partial charge in [0, 0.05) is 19.4 Å². The molecule has 3 aromatic rings. The maximum atomic E-state index is 12.1. The van der Waals surface area contributed by atoms with E-state index in [2.05, 4.69) is 15.3 Å². The zero-order chi connectivity index (χ0) is 19.9. The van der Waals surface area contributed by atoms with Crippen LogP contribution in [-0.2, 0) is 17.8 Å². The number of rotatable bonds is 8. The number of hydrogen-bond donors (Lipinski definition) is 2. The number of carbonyl (C=O) groups is 1. The van der Waals surface area contributed by atoms with Crippen LogP contribution in [0.25, 0.3) is 10.9 Å². The number of para-hydroxylation sites is 1. The second kappa shape index (κ2) is 9.03. The Kier molecular flexibility index (Phi) is 6.26. The van der Waals surface area contributed by atoms with Gasteiger partial charge in [0.1, 0.15) is 5.82 Å². The number of benzene rings is 2. The minimum Gasteiger partial charge on any atom is -0.493 e. The molecule has 0 aliphatic carbocycles. The zero-order valence-electron chi connectivity index (χ0n) is 16.0. The molecule has 0 saturated heterocycles. The van der Waals surface area contributed by atoms with Crippen LogP contribution in [-0.4, -0.2) is 30.1 Å². The smallest absolute Gasteiger partial charge is 0.258 e. The number of aromatic nitrogens is 2. The number of nitrogens with zero attached hydrogens (tertiary/aromatic N) is 1. The van der Waals surface area contributed by atoms with Gasteiger partial charge in [0.25, 0.3) is 5.56 Å². The van der Waals surface area contributed by atoms with Crippen molar-refractivity contribution in [2.24, 2.45) is 0 Å². The van der Waals surface area contributed by atoms with E-state index in [-0.39, 0.29) is 11.5 Å². The molecule has 0 spiro atoms. The molecule has 1 heterocycles. The Hall–Kier alpha value is -3.35. The summed E-state index contributed by atoms with van der Waals surface area (Å²) in [4.78, 5) is 31.4. The Bertz CT molecular complexity index is 1030. The third kappa shape index (κ3) is 4.68. The molecule has 2 N–H and O–H groups in total. The van der Waals surface area contributed by atoms with E-state index in [9.17, 15) is 9.59 Å². The monoisotopic (exact) mass is 381 g/mol. The number of hydrogen-bond acceptors (Lipinski definition) is 5. The number of aryl methyl sites for hydroxylation is 1. The summed E-state index contributed by atoms with van der Waals surface area (Å²) in [5, 5.41) is 3.46. The molecule has 2 aromatic carbocycles. The Morgan fingerprint density at radius 3 is 2.68 bits per heavy atom. The molecular weight excluding hydrogens is 358 g/mol. The minimum atomic E-state index is -0.154. The van der Waals surface area contributed by atoms with E-state index in [0.29, 0.717) is 54.0 Å². The Morgan fingerprint density at radius 2 is 1.89 bits per heavy atom. The van der Waals surface area contributed by atoms with Gasteiger partial charge in [-0.2, -0.15) is 0 Å². The predicted molar refractivity (Wildman–Crippen MR) is 107 cm³/mol. The van der Waals surface area contributed by atoms with Gasteiger partial charge >= 0.3 is 0 Å². The molecule has 0 saturated carbocycles. The lowest BCUT2D eigenvalue weighted by Crippen LogP contribution is -2.22. The van der Waals surface area contributed by atoms with Crippen LogP contribution in [0.15, 0.2) is 47.3 Å². The summed E-state index contributed by atoms with van der Waals surface area (Å²) in [5.74, 6) is 1.81. The molecule has 0 atom stereocenters. The molecule has 0 radical (unpaired) electrons. The molecule has 0 aliphatic rings. The highest BCUT2D eigenvalue weighted by Crippen LogP contribution is 2.27. The average Bonchev–Trinajstić information content (AvgIpc) is 2.72. The third-order valence-electron chi connectivity index (χ3n) is 4.42. The molecule has 0 unspecified atom stereocenters. The fourth-order valence-corrected chi connectivity index (χ4v) is 2.95. The molecule has 0 fully saturated rings. The van der Waals surface area contributed by atoms with E-state index in [4.69, 9.17) is 9.47 Å². The first kappa shape index (κ1) is 19.4. The molecule has 3 rings (SSSR count). The molecular formula is C21H23N3O4. The molecule has 28 heavy (non-hydrogen) atoms. The molecule has 1 amide bonds. The van der Waals surface area contributed by atoms with E-state index in [1.165, 1.54) is 0 Å². The summed E-state index contributed by atoms with van der Waals surface area (Å²) in [6, 6.07) is 12.7. The van der Waals surface area contributed by atoms with E-state index in [0.717, 1.165) is 5.56 Å². The molecule has 1 aromatic heterocycles. The number of aromatic amines is 1. The standard InChI is InChI=1S/C21H23N3O4/c1-27-17-11-10-14(12-18(17)28-2)13-22-20(25)9-5-8-19-23-16-7-4-3-6-15(16)21(26)24-19/h3-4,6-7,10-12H,5,8-9,13H2,1-2H3,(H,22,25)(H,23,24,26).